The Morgan fingerprint density at radius 1 is 1.25 bits per heavy atom. The fraction of sp³-hybridized carbons (Fsp3) is 0.588. The zero-order chi connectivity index (χ0) is 15.0. The molecule has 1 amide bonds. The van der Waals surface area contributed by atoms with Gasteiger partial charge < -0.3 is 10.6 Å². The first-order valence-electron chi connectivity index (χ1n) is 7.66. The van der Waals surface area contributed by atoms with Gasteiger partial charge in [0, 0.05) is 13.1 Å². The maximum absolute atomic E-state index is 12.3. The second-order valence-corrected chi connectivity index (χ2v) is 5.52. The quantitative estimate of drug-likeness (QED) is 0.793. The van der Waals surface area contributed by atoms with E-state index in [4.69, 9.17) is 5.73 Å². The molecule has 1 unspecified atom stereocenters. The van der Waals surface area contributed by atoms with E-state index in [2.05, 4.69) is 26.0 Å². The van der Waals surface area contributed by atoms with E-state index in [1.165, 1.54) is 5.56 Å². The molecule has 112 valence electrons. The normalized spacial score (nSPS) is 13.8. The Morgan fingerprint density at radius 2 is 1.90 bits per heavy atom. The van der Waals surface area contributed by atoms with Crippen LogP contribution < -0.4 is 5.73 Å². The van der Waals surface area contributed by atoms with Gasteiger partial charge in [0.1, 0.15) is 0 Å². The minimum Gasteiger partial charge on any atom is -0.341 e. The number of benzene rings is 1. The van der Waals surface area contributed by atoms with Crippen LogP contribution in [0.1, 0.15) is 39.2 Å². The Hall–Kier alpha value is -1.35. The summed E-state index contributed by atoms with van der Waals surface area (Å²) in [7, 11) is 0. The molecule has 0 fully saturated rings. The molecule has 0 saturated carbocycles. The summed E-state index contributed by atoms with van der Waals surface area (Å²) in [5.41, 5.74) is 7.30. The first-order valence-corrected chi connectivity index (χ1v) is 7.66. The van der Waals surface area contributed by atoms with Gasteiger partial charge in [0.2, 0.25) is 5.91 Å². The van der Waals surface area contributed by atoms with Crippen molar-refractivity contribution in [2.75, 3.05) is 13.1 Å². The predicted molar refractivity (Wildman–Crippen MR) is 84.4 cm³/mol. The molecule has 0 aliphatic heterocycles. The van der Waals surface area contributed by atoms with Crippen LogP contribution in [0.2, 0.25) is 0 Å². The molecule has 0 radical (unpaired) electrons. The van der Waals surface area contributed by atoms with E-state index in [0.717, 1.165) is 25.9 Å². The minimum absolute atomic E-state index is 0.0868. The molecule has 1 aromatic carbocycles. The summed E-state index contributed by atoms with van der Waals surface area (Å²) in [6.07, 6.45) is 2.65. The lowest BCUT2D eigenvalue weighted by atomic mass is 10.0. The van der Waals surface area contributed by atoms with Crippen molar-refractivity contribution in [1.29, 1.82) is 0 Å². The van der Waals surface area contributed by atoms with Gasteiger partial charge in [-0.2, -0.15) is 0 Å². The third-order valence-corrected chi connectivity index (χ3v) is 3.83. The van der Waals surface area contributed by atoms with Crippen molar-refractivity contribution in [1.82, 2.24) is 4.90 Å². The van der Waals surface area contributed by atoms with Crippen molar-refractivity contribution in [2.24, 2.45) is 11.7 Å². The smallest absolute Gasteiger partial charge is 0.239 e. The molecule has 0 heterocycles. The van der Waals surface area contributed by atoms with Gasteiger partial charge in [-0.1, -0.05) is 50.6 Å². The molecule has 2 N–H and O–H groups in total. The lowest BCUT2D eigenvalue weighted by Crippen LogP contribution is -2.45. The molecule has 0 aliphatic rings. The molecular formula is C17H28N2O. The summed E-state index contributed by atoms with van der Waals surface area (Å²) in [6, 6.07) is 9.80. The van der Waals surface area contributed by atoms with Gasteiger partial charge in [-0.3, -0.25) is 4.79 Å². The number of hydrogen-bond donors (Lipinski definition) is 1. The second-order valence-electron chi connectivity index (χ2n) is 5.52. The Morgan fingerprint density at radius 3 is 2.45 bits per heavy atom. The van der Waals surface area contributed by atoms with E-state index in [-0.39, 0.29) is 11.9 Å². The van der Waals surface area contributed by atoms with Crippen LogP contribution in [-0.2, 0) is 11.2 Å². The molecule has 0 bridgehead atoms. The van der Waals surface area contributed by atoms with Gasteiger partial charge in [-0.25, -0.2) is 0 Å². The number of rotatable bonds is 8. The van der Waals surface area contributed by atoms with Crippen molar-refractivity contribution < 1.29 is 4.79 Å². The summed E-state index contributed by atoms with van der Waals surface area (Å²) >= 11 is 0. The van der Waals surface area contributed by atoms with Gasteiger partial charge in [0.25, 0.3) is 0 Å². The standard InChI is InChI=1S/C17H28N2O/c1-4-14(3)13-19(5-2)17(20)16(18)12-11-15-9-7-6-8-10-15/h6-10,14,16H,4-5,11-13,18H2,1-3H3/t14?,16-/m0/s1. The van der Waals surface area contributed by atoms with Crippen molar-refractivity contribution in [3.05, 3.63) is 35.9 Å². The van der Waals surface area contributed by atoms with E-state index < -0.39 is 0 Å². The van der Waals surface area contributed by atoms with E-state index in [9.17, 15) is 4.79 Å². The average Bonchev–Trinajstić information content (AvgIpc) is 2.50. The van der Waals surface area contributed by atoms with Crippen LogP contribution in [0.25, 0.3) is 0 Å². The summed E-state index contributed by atoms with van der Waals surface area (Å²) in [5, 5.41) is 0. The van der Waals surface area contributed by atoms with E-state index in [0.29, 0.717) is 12.3 Å². The molecule has 0 aliphatic carbocycles. The van der Waals surface area contributed by atoms with Crippen LogP contribution in [0.15, 0.2) is 30.3 Å². The predicted octanol–water partition coefficient (Wildman–Crippen LogP) is 2.84. The number of carbonyl (C=O) groups excluding carboxylic acids is 1. The maximum Gasteiger partial charge on any atom is 0.239 e. The van der Waals surface area contributed by atoms with Gasteiger partial charge >= 0.3 is 0 Å². The lowest BCUT2D eigenvalue weighted by molar-refractivity contribution is -0.133. The van der Waals surface area contributed by atoms with Crippen molar-refractivity contribution in [3.8, 4) is 0 Å². The first-order chi connectivity index (χ1) is 9.58. The lowest BCUT2D eigenvalue weighted by Gasteiger charge is -2.27. The largest absolute Gasteiger partial charge is 0.341 e. The van der Waals surface area contributed by atoms with Gasteiger partial charge in [-0.05, 0) is 31.2 Å². The number of hydrogen-bond acceptors (Lipinski definition) is 2. The summed E-state index contributed by atoms with van der Waals surface area (Å²) < 4.78 is 0. The highest BCUT2D eigenvalue weighted by Gasteiger charge is 2.20. The average molecular weight is 276 g/mol. The number of nitrogens with zero attached hydrogens (tertiary/aromatic N) is 1. The Bertz CT molecular complexity index is 391. The third kappa shape index (κ3) is 5.33. The van der Waals surface area contributed by atoms with Gasteiger partial charge in [0.05, 0.1) is 6.04 Å². The van der Waals surface area contributed by atoms with Gasteiger partial charge in [-0.15, -0.1) is 0 Å². The SMILES string of the molecule is CCC(C)CN(CC)C(=O)[C@@H](N)CCc1ccccc1. The van der Waals surface area contributed by atoms with Crippen molar-refractivity contribution in [2.45, 2.75) is 46.1 Å². The first kappa shape index (κ1) is 16.7. The van der Waals surface area contributed by atoms with Crippen molar-refractivity contribution >= 4 is 5.91 Å². The highest BCUT2D eigenvalue weighted by Crippen LogP contribution is 2.09. The molecular weight excluding hydrogens is 248 g/mol. The topological polar surface area (TPSA) is 46.3 Å². The van der Waals surface area contributed by atoms with Crippen molar-refractivity contribution in [3.63, 3.8) is 0 Å². The number of amides is 1. The Labute approximate surface area is 123 Å². The number of likely N-dealkylation sites (N-methyl/N-ethyl adjacent to an activating group) is 1. The van der Waals surface area contributed by atoms with Crippen LogP contribution in [0.5, 0.6) is 0 Å². The summed E-state index contributed by atoms with van der Waals surface area (Å²) in [4.78, 5) is 14.2. The molecule has 3 heteroatoms. The van der Waals surface area contributed by atoms with Crippen LogP contribution in [-0.4, -0.2) is 29.9 Å². The molecule has 0 aromatic heterocycles. The minimum atomic E-state index is -0.390. The number of nitrogens with two attached hydrogens (primary N) is 1. The van der Waals surface area contributed by atoms with Gasteiger partial charge in [0.15, 0.2) is 0 Å². The molecule has 1 rings (SSSR count). The van der Waals surface area contributed by atoms with E-state index >= 15 is 0 Å². The number of aryl methyl sites for hydroxylation is 1. The van der Waals surface area contributed by atoms with E-state index in [1.54, 1.807) is 0 Å². The fourth-order valence-corrected chi connectivity index (χ4v) is 2.21. The van der Waals surface area contributed by atoms with Crippen LogP contribution in [0.3, 0.4) is 0 Å². The van der Waals surface area contributed by atoms with E-state index in [1.807, 2.05) is 30.0 Å². The van der Waals surface area contributed by atoms with Crippen LogP contribution in [0.4, 0.5) is 0 Å². The van der Waals surface area contributed by atoms with Crippen LogP contribution >= 0.6 is 0 Å². The molecule has 3 nitrogen and oxygen atoms in total. The maximum atomic E-state index is 12.3. The zero-order valence-corrected chi connectivity index (χ0v) is 13.0. The monoisotopic (exact) mass is 276 g/mol. The molecule has 0 saturated heterocycles. The summed E-state index contributed by atoms with van der Waals surface area (Å²) in [6.45, 7) is 7.89. The Balaban J connectivity index is 2.48. The second kappa shape index (κ2) is 8.75. The molecule has 0 spiro atoms. The highest BCUT2D eigenvalue weighted by molar-refractivity contribution is 5.81. The molecule has 20 heavy (non-hydrogen) atoms. The zero-order valence-electron chi connectivity index (χ0n) is 13.0. The fourth-order valence-electron chi connectivity index (χ4n) is 2.21. The Kier molecular flexibility index (Phi) is 7.31. The number of carbonyl (C=O) groups is 1. The molecule has 1 aromatic rings. The highest BCUT2D eigenvalue weighted by atomic mass is 16.2. The van der Waals surface area contributed by atoms with Crippen LogP contribution in [0, 0.1) is 5.92 Å². The third-order valence-electron chi connectivity index (χ3n) is 3.83. The molecule has 2 atom stereocenters. The summed E-state index contributed by atoms with van der Waals surface area (Å²) in [5.74, 6) is 0.615.